The lowest BCUT2D eigenvalue weighted by Gasteiger charge is -2.21. The molecule has 0 heterocycles. The lowest BCUT2D eigenvalue weighted by molar-refractivity contribution is 0.0950. The van der Waals surface area contributed by atoms with Crippen LogP contribution < -0.4 is 5.32 Å². The summed E-state index contributed by atoms with van der Waals surface area (Å²) in [5.41, 5.74) is 1.32. The summed E-state index contributed by atoms with van der Waals surface area (Å²) in [5.74, 6) is 0.867. The Labute approximate surface area is 115 Å². The van der Waals surface area contributed by atoms with E-state index < -0.39 is 0 Å². The molecular formula is C16H23NO2. The second-order valence-corrected chi connectivity index (χ2v) is 5.55. The van der Waals surface area contributed by atoms with E-state index in [4.69, 9.17) is 0 Å². The lowest BCUT2D eigenvalue weighted by atomic mass is 9.87. The van der Waals surface area contributed by atoms with Gasteiger partial charge < -0.3 is 10.4 Å². The Hall–Kier alpha value is -1.51. The minimum atomic E-state index is -0.0916. The first-order valence-corrected chi connectivity index (χ1v) is 7.24. The maximum atomic E-state index is 11.9. The summed E-state index contributed by atoms with van der Waals surface area (Å²) in [4.78, 5) is 11.9. The Morgan fingerprint density at radius 1 is 1.32 bits per heavy atom. The number of nitrogens with one attached hydrogen (secondary N) is 1. The summed E-state index contributed by atoms with van der Waals surface area (Å²) >= 11 is 0. The van der Waals surface area contributed by atoms with Gasteiger partial charge in [-0.3, -0.25) is 4.79 Å². The van der Waals surface area contributed by atoms with Crippen LogP contribution in [0, 0.1) is 12.8 Å². The van der Waals surface area contributed by atoms with Gasteiger partial charge in [0, 0.05) is 12.1 Å². The predicted molar refractivity (Wildman–Crippen MR) is 76.4 cm³/mol. The number of hydrogen-bond donors (Lipinski definition) is 2. The molecule has 1 aliphatic carbocycles. The van der Waals surface area contributed by atoms with Crippen LogP contribution in [0.4, 0.5) is 0 Å². The topological polar surface area (TPSA) is 49.3 Å². The van der Waals surface area contributed by atoms with E-state index in [0.29, 0.717) is 5.56 Å². The number of hydrogen-bond acceptors (Lipinski definition) is 2. The highest BCUT2D eigenvalue weighted by Crippen LogP contribution is 2.25. The Morgan fingerprint density at radius 3 is 2.74 bits per heavy atom. The van der Waals surface area contributed by atoms with Crippen molar-refractivity contribution < 1.29 is 9.90 Å². The maximum Gasteiger partial charge on any atom is 0.251 e. The Bertz CT molecular complexity index is 436. The van der Waals surface area contributed by atoms with Gasteiger partial charge in [-0.25, -0.2) is 0 Å². The van der Waals surface area contributed by atoms with Gasteiger partial charge in [-0.15, -0.1) is 0 Å². The highest BCUT2D eigenvalue weighted by molar-refractivity contribution is 5.94. The van der Waals surface area contributed by atoms with Crippen molar-refractivity contribution >= 4 is 5.91 Å². The fourth-order valence-electron chi connectivity index (χ4n) is 2.72. The summed E-state index contributed by atoms with van der Waals surface area (Å²) in [6.07, 6.45) is 7.73. The zero-order valence-corrected chi connectivity index (χ0v) is 11.6. The van der Waals surface area contributed by atoms with E-state index in [2.05, 4.69) is 5.32 Å². The predicted octanol–water partition coefficient (Wildman–Crippen LogP) is 3.40. The molecule has 2 rings (SSSR count). The first-order valence-electron chi connectivity index (χ1n) is 7.24. The van der Waals surface area contributed by atoms with Gasteiger partial charge in [0.05, 0.1) is 0 Å². The van der Waals surface area contributed by atoms with Crippen molar-refractivity contribution in [3.63, 3.8) is 0 Å². The molecule has 0 bridgehead atoms. The Morgan fingerprint density at radius 2 is 2.05 bits per heavy atom. The van der Waals surface area contributed by atoms with Gasteiger partial charge in [-0.1, -0.05) is 38.2 Å². The maximum absolute atomic E-state index is 11.9. The van der Waals surface area contributed by atoms with Gasteiger partial charge >= 0.3 is 0 Å². The largest absolute Gasteiger partial charge is 0.508 e. The molecule has 0 saturated heterocycles. The first kappa shape index (κ1) is 13.9. The average molecular weight is 261 g/mol. The smallest absolute Gasteiger partial charge is 0.251 e. The van der Waals surface area contributed by atoms with E-state index in [9.17, 15) is 9.90 Å². The summed E-state index contributed by atoms with van der Waals surface area (Å²) < 4.78 is 0. The molecule has 19 heavy (non-hydrogen) atoms. The molecule has 3 heteroatoms. The molecule has 0 spiro atoms. The van der Waals surface area contributed by atoms with Crippen molar-refractivity contribution in [3.8, 4) is 5.75 Å². The minimum Gasteiger partial charge on any atom is -0.508 e. The molecule has 2 N–H and O–H groups in total. The minimum absolute atomic E-state index is 0.0916. The van der Waals surface area contributed by atoms with Crippen molar-refractivity contribution in [1.29, 1.82) is 0 Å². The molecule has 0 aromatic heterocycles. The zero-order chi connectivity index (χ0) is 13.7. The van der Waals surface area contributed by atoms with Crippen molar-refractivity contribution in [3.05, 3.63) is 29.3 Å². The van der Waals surface area contributed by atoms with Crippen LogP contribution in [0.2, 0.25) is 0 Å². The number of rotatable bonds is 4. The molecule has 1 amide bonds. The lowest BCUT2D eigenvalue weighted by Crippen LogP contribution is -2.26. The highest BCUT2D eigenvalue weighted by Gasteiger charge is 2.14. The zero-order valence-electron chi connectivity index (χ0n) is 11.6. The molecule has 1 fully saturated rings. The third kappa shape index (κ3) is 3.98. The molecule has 0 atom stereocenters. The van der Waals surface area contributed by atoms with Gasteiger partial charge in [0.1, 0.15) is 5.75 Å². The van der Waals surface area contributed by atoms with Gasteiger partial charge in [-0.2, -0.15) is 0 Å². The second kappa shape index (κ2) is 6.60. The van der Waals surface area contributed by atoms with Gasteiger partial charge in [0.25, 0.3) is 5.91 Å². The Balaban J connectivity index is 1.78. The number of carbonyl (C=O) groups excluding carboxylic acids is 1. The number of aromatic hydroxyl groups is 1. The van der Waals surface area contributed by atoms with Crippen LogP contribution in [0.3, 0.4) is 0 Å². The van der Waals surface area contributed by atoms with Crippen LogP contribution in [0.25, 0.3) is 0 Å². The fourth-order valence-corrected chi connectivity index (χ4v) is 2.72. The van der Waals surface area contributed by atoms with Crippen LogP contribution in [0.15, 0.2) is 18.2 Å². The van der Waals surface area contributed by atoms with Crippen LogP contribution in [0.5, 0.6) is 5.75 Å². The number of amides is 1. The monoisotopic (exact) mass is 261 g/mol. The molecule has 1 aromatic carbocycles. The number of carbonyl (C=O) groups is 1. The number of phenolic OH excluding ortho intramolecular Hbond substituents is 1. The van der Waals surface area contributed by atoms with E-state index in [1.807, 2.05) is 6.92 Å². The van der Waals surface area contributed by atoms with Crippen molar-refractivity contribution in [2.24, 2.45) is 5.92 Å². The first-order chi connectivity index (χ1) is 9.16. The van der Waals surface area contributed by atoms with Gasteiger partial charge in [0.15, 0.2) is 0 Å². The number of phenols is 1. The van der Waals surface area contributed by atoms with E-state index in [1.165, 1.54) is 38.2 Å². The molecule has 1 saturated carbocycles. The van der Waals surface area contributed by atoms with Crippen LogP contribution in [-0.4, -0.2) is 17.6 Å². The molecule has 0 radical (unpaired) electrons. The van der Waals surface area contributed by atoms with E-state index in [-0.39, 0.29) is 11.7 Å². The average Bonchev–Trinajstić information content (AvgIpc) is 2.43. The van der Waals surface area contributed by atoms with E-state index in [0.717, 1.165) is 24.4 Å². The highest BCUT2D eigenvalue weighted by atomic mass is 16.3. The van der Waals surface area contributed by atoms with Crippen molar-refractivity contribution in [2.75, 3.05) is 6.54 Å². The fraction of sp³-hybridized carbons (Fsp3) is 0.562. The van der Waals surface area contributed by atoms with E-state index >= 15 is 0 Å². The quantitative estimate of drug-likeness (QED) is 0.872. The molecule has 104 valence electrons. The van der Waals surface area contributed by atoms with Gasteiger partial charge in [-0.05, 0) is 37.0 Å². The van der Waals surface area contributed by atoms with E-state index in [1.54, 1.807) is 12.1 Å². The summed E-state index contributed by atoms with van der Waals surface area (Å²) in [5, 5.41) is 12.5. The third-order valence-corrected chi connectivity index (χ3v) is 4.03. The number of aryl methyl sites for hydroxylation is 1. The molecule has 1 aromatic rings. The molecule has 3 nitrogen and oxygen atoms in total. The van der Waals surface area contributed by atoms with Gasteiger partial charge in [0.2, 0.25) is 0 Å². The normalized spacial score (nSPS) is 16.3. The van der Waals surface area contributed by atoms with Crippen LogP contribution in [-0.2, 0) is 0 Å². The number of benzene rings is 1. The Kier molecular flexibility index (Phi) is 4.83. The SMILES string of the molecule is Cc1ccc(C(=O)NCCC2CCCCC2)cc1O. The third-order valence-electron chi connectivity index (χ3n) is 4.03. The molecule has 0 aliphatic heterocycles. The summed E-state index contributed by atoms with van der Waals surface area (Å²) in [6.45, 7) is 2.55. The summed E-state index contributed by atoms with van der Waals surface area (Å²) in [7, 11) is 0. The molecular weight excluding hydrogens is 238 g/mol. The molecule has 0 unspecified atom stereocenters. The van der Waals surface area contributed by atoms with Crippen molar-refractivity contribution in [1.82, 2.24) is 5.32 Å². The molecule has 1 aliphatic rings. The summed E-state index contributed by atoms with van der Waals surface area (Å²) in [6, 6.07) is 5.06. The van der Waals surface area contributed by atoms with Crippen molar-refractivity contribution in [2.45, 2.75) is 45.4 Å². The van der Waals surface area contributed by atoms with Crippen LogP contribution in [0.1, 0.15) is 54.4 Å². The van der Waals surface area contributed by atoms with Crippen LogP contribution >= 0.6 is 0 Å². The standard InChI is InChI=1S/C16H23NO2/c1-12-7-8-14(11-15(12)18)16(19)17-10-9-13-5-3-2-4-6-13/h7-8,11,13,18H,2-6,9-10H2,1H3,(H,17,19). The second-order valence-electron chi connectivity index (χ2n) is 5.55.